The highest BCUT2D eigenvalue weighted by Gasteiger charge is 2.47. The van der Waals surface area contributed by atoms with E-state index in [9.17, 15) is 18.8 Å². The van der Waals surface area contributed by atoms with Crippen molar-refractivity contribution in [2.75, 3.05) is 13.2 Å². The van der Waals surface area contributed by atoms with Crippen molar-refractivity contribution in [2.24, 2.45) is 0 Å². The second-order valence-electron chi connectivity index (χ2n) is 8.86. The molecule has 3 rings (SSSR count). The van der Waals surface area contributed by atoms with Crippen LogP contribution >= 0.6 is 0 Å². The van der Waals surface area contributed by atoms with Crippen LogP contribution in [0.1, 0.15) is 61.8 Å². The molecule has 3 amide bonds. The normalized spacial score (nSPS) is 22.1. The summed E-state index contributed by atoms with van der Waals surface area (Å²) in [5.41, 5.74) is -1.08. The minimum absolute atomic E-state index is 0.0733. The summed E-state index contributed by atoms with van der Waals surface area (Å²) >= 11 is 0. The van der Waals surface area contributed by atoms with E-state index in [1.807, 2.05) is 0 Å². The molecule has 158 valence electrons. The monoisotopic (exact) mass is 406 g/mol. The fourth-order valence-corrected chi connectivity index (χ4v) is 3.71. The van der Waals surface area contributed by atoms with Crippen LogP contribution in [0, 0.1) is 0 Å². The van der Waals surface area contributed by atoms with E-state index < -0.39 is 41.4 Å². The smallest absolute Gasteiger partial charge is 0.412 e. The van der Waals surface area contributed by atoms with Gasteiger partial charge in [0.1, 0.15) is 17.5 Å². The summed E-state index contributed by atoms with van der Waals surface area (Å²) in [4.78, 5) is 39.9. The van der Waals surface area contributed by atoms with Gasteiger partial charge in [-0.15, -0.1) is 0 Å². The number of amides is 3. The number of fused-ring (bicyclic) bond motifs is 1. The van der Waals surface area contributed by atoms with E-state index >= 15 is 0 Å². The minimum Gasteiger partial charge on any atom is -0.444 e. The lowest BCUT2D eigenvalue weighted by atomic mass is 10.1. The third-order valence-electron chi connectivity index (χ3n) is 4.95. The van der Waals surface area contributed by atoms with Crippen molar-refractivity contribution in [1.29, 1.82) is 0 Å². The Morgan fingerprint density at radius 1 is 1.24 bits per heavy atom. The molecule has 2 atom stereocenters. The molecule has 1 fully saturated rings. The number of hydrogen-bond acceptors (Lipinski definition) is 5. The topological polar surface area (TPSA) is 76.2 Å². The molecule has 0 unspecified atom stereocenters. The largest absolute Gasteiger partial charge is 0.444 e. The lowest BCUT2D eigenvalue weighted by Gasteiger charge is -2.35. The van der Waals surface area contributed by atoms with Gasteiger partial charge in [-0.2, -0.15) is 0 Å². The van der Waals surface area contributed by atoms with E-state index in [0.717, 1.165) is 4.90 Å². The first-order chi connectivity index (χ1) is 13.4. The molecule has 0 spiro atoms. The van der Waals surface area contributed by atoms with Gasteiger partial charge < -0.3 is 9.47 Å². The second-order valence-corrected chi connectivity index (χ2v) is 8.86. The van der Waals surface area contributed by atoms with Gasteiger partial charge in [0.15, 0.2) is 0 Å². The number of carbonyl (C=O) groups is 3. The number of halogens is 1. The van der Waals surface area contributed by atoms with Crippen molar-refractivity contribution >= 4 is 17.9 Å². The third-order valence-corrected chi connectivity index (χ3v) is 4.95. The lowest BCUT2D eigenvalue weighted by Crippen LogP contribution is -2.50. The van der Waals surface area contributed by atoms with E-state index in [-0.39, 0.29) is 30.7 Å². The highest BCUT2D eigenvalue weighted by atomic mass is 19.1. The lowest BCUT2D eigenvalue weighted by molar-refractivity contribution is -0.0633. The maximum absolute atomic E-state index is 14.9. The van der Waals surface area contributed by atoms with Gasteiger partial charge in [-0.25, -0.2) is 9.18 Å². The average Bonchev–Trinajstić information content (AvgIpc) is 3.02. The number of imide groups is 1. The summed E-state index contributed by atoms with van der Waals surface area (Å²) in [5.74, 6) is -1.000. The Morgan fingerprint density at radius 2 is 1.79 bits per heavy atom. The zero-order valence-electron chi connectivity index (χ0n) is 17.4. The van der Waals surface area contributed by atoms with Crippen LogP contribution in [-0.2, 0) is 9.47 Å². The van der Waals surface area contributed by atoms with Crippen LogP contribution < -0.4 is 0 Å². The van der Waals surface area contributed by atoms with Gasteiger partial charge in [0, 0.05) is 6.42 Å². The predicted molar refractivity (Wildman–Crippen MR) is 103 cm³/mol. The molecular weight excluding hydrogens is 379 g/mol. The van der Waals surface area contributed by atoms with Gasteiger partial charge in [-0.3, -0.25) is 19.4 Å². The molecule has 0 bridgehead atoms. The van der Waals surface area contributed by atoms with Crippen LogP contribution in [0.3, 0.4) is 0 Å². The standard InChI is InChI=1S/C21H27FN2O5/c1-20(2,3)29-19(27)24-14(12-28-21(24,4)5)10-13(22)11-23-17(25)15-8-6-7-9-16(15)18(23)26/h6-9,13-14H,10-12H2,1-5H3/t13-,14-/m1/s1. The second kappa shape index (κ2) is 7.40. The number of alkyl halides is 1. The Bertz CT molecular complexity index is 798. The van der Waals surface area contributed by atoms with Gasteiger partial charge in [-0.05, 0) is 46.8 Å². The molecule has 2 aliphatic rings. The molecule has 0 radical (unpaired) electrons. The van der Waals surface area contributed by atoms with Crippen molar-refractivity contribution in [3.63, 3.8) is 0 Å². The molecule has 1 saturated heterocycles. The number of benzene rings is 1. The van der Waals surface area contributed by atoms with Gasteiger partial charge in [0.25, 0.3) is 11.8 Å². The zero-order chi connectivity index (χ0) is 21.6. The van der Waals surface area contributed by atoms with Crippen LogP contribution in [0.2, 0.25) is 0 Å². The Kier molecular flexibility index (Phi) is 5.42. The van der Waals surface area contributed by atoms with Crippen LogP contribution in [-0.4, -0.2) is 64.4 Å². The van der Waals surface area contributed by atoms with Crippen LogP contribution in [0.15, 0.2) is 24.3 Å². The highest BCUT2D eigenvalue weighted by molar-refractivity contribution is 6.21. The van der Waals surface area contributed by atoms with Crippen LogP contribution in [0.4, 0.5) is 9.18 Å². The van der Waals surface area contributed by atoms with Crippen molar-refractivity contribution in [3.05, 3.63) is 35.4 Å². The number of ether oxygens (including phenoxy) is 2. The summed E-state index contributed by atoms with van der Waals surface area (Å²) in [5, 5.41) is 0. The predicted octanol–water partition coefficient (Wildman–Crippen LogP) is 3.38. The number of hydrogen-bond donors (Lipinski definition) is 0. The van der Waals surface area contributed by atoms with Crippen molar-refractivity contribution < 1.29 is 28.2 Å². The SMILES string of the molecule is CC(C)(C)OC(=O)N1[C@H](C[C@@H](F)CN2C(=O)c3ccccc3C2=O)COC1(C)C. The van der Waals surface area contributed by atoms with Crippen LogP contribution in [0.5, 0.6) is 0 Å². The molecule has 2 aliphatic heterocycles. The molecule has 29 heavy (non-hydrogen) atoms. The molecule has 7 nitrogen and oxygen atoms in total. The quantitative estimate of drug-likeness (QED) is 0.717. The first-order valence-corrected chi connectivity index (χ1v) is 9.66. The van der Waals surface area contributed by atoms with Gasteiger partial charge in [0.05, 0.1) is 30.3 Å². The van der Waals surface area contributed by atoms with E-state index in [4.69, 9.17) is 9.47 Å². The van der Waals surface area contributed by atoms with Crippen molar-refractivity contribution in [1.82, 2.24) is 9.80 Å². The van der Waals surface area contributed by atoms with E-state index in [1.165, 1.54) is 4.90 Å². The van der Waals surface area contributed by atoms with E-state index in [0.29, 0.717) is 0 Å². The third kappa shape index (κ3) is 4.27. The Balaban J connectivity index is 1.68. The maximum Gasteiger partial charge on any atom is 0.412 e. The Labute approximate surface area is 169 Å². The minimum atomic E-state index is -1.51. The number of nitrogens with zero attached hydrogens (tertiary/aromatic N) is 2. The Hall–Kier alpha value is -2.48. The first kappa shape index (κ1) is 21.2. The number of rotatable bonds is 4. The molecule has 0 N–H and O–H groups in total. The van der Waals surface area contributed by atoms with Gasteiger partial charge in [0.2, 0.25) is 0 Å². The molecule has 1 aromatic rings. The number of carbonyl (C=O) groups excluding carboxylic acids is 3. The summed E-state index contributed by atoms with van der Waals surface area (Å²) in [6.07, 6.45) is -2.17. The first-order valence-electron chi connectivity index (χ1n) is 9.66. The van der Waals surface area contributed by atoms with Crippen molar-refractivity contribution in [3.8, 4) is 0 Å². The molecule has 2 heterocycles. The Morgan fingerprint density at radius 3 is 2.31 bits per heavy atom. The maximum atomic E-state index is 14.9. The van der Waals surface area contributed by atoms with Crippen molar-refractivity contribution in [2.45, 2.75) is 64.6 Å². The molecule has 1 aromatic carbocycles. The molecular formula is C21H27FN2O5. The molecule has 0 aromatic heterocycles. The average molecular weight is 406 g/mol. The summed E-state index contributed by atoms with van der Waals surface area (Å²) in [6.45, 7) is 8.47. The summed E-state index contributed by atoms with van der Waals surface area (Å²) < 4.78 is 26.0. The molecule has 8 heteroatoms. The molecule has 0 aliphatic carbocycles. The summed E-state index contributed by atoms with van der Waals surface area (Å²) in [7, 11) is 0. The fraction of sp³-hybridized carbons (Fsp3) is 0.571. The fourth-order valence-electron chi connectivity index (χ4n) is 3.71. The van der Waals surface area contributed by atoms with Crippen LogP contribution in [0.25, 0.3) is 0 Å². The zero-order valence-corrected chi connectivity index (χ0v) is 17.4. The van der Waals surface area contributed by atoms with Gasteiger partial charge >= 0.3 is 6.09 Å². The van der Waals surface area contributed by atoms with E-state index in [1.54, 1.807) is 58.9 Å². The molecule has 0 saturated carbocycles. The van der Waals surface area contributed by atoms with E-state index in [2.05, 4.69) is 0 Å². The van der Waals surface area contributed by atoms with Gasteiger partial charge in [-0.1, -0.05) is 12.1 Å². The highest BCUT2D eigenvalue weighted by Crippen LogP contribution is 2.32. The summed E-state index contributed by atoms with van der Waals surface area (Å²) in [6, 6.07) is 5.87.